The number of benzene rings is 2. The van der Waals surface area contributed by atoms with Crippen LogP contribution >= 0.6 is 0 Å². The van der Waals surface area contributed by atoms with Crippen molar-refractivity contribution in [2.45, 2.75) is 25.9 Å². The molecule has 8 heteroatoms. The Hall–Kier alpha value is -3.94. The summed E-state index contributed by atoms with van der Waals surface area (Å²) in [5, 5.41) is 8.93. The van der Waals surface area contributed by atoms with E-state index in [4.69, 9.17) is 4.74 Å². The molecule has 0 spiro atoms. The van der Waals surface area contributed by atoms with E-state index in [1.807, 2.05) is 65.4 Å². The number of amides is 1. The maximum Gasteiger partial charge on any atom is 0.354 e. The molecule has 8 nitrogen and oxygen atoms in total. The average Bonchev–Trinajstić information content (AvgIpc) is 3.49. The number of hydrogen-bond donors (Lipinski definition) is 1. The van der Waals surface area contributed by atoms with E-state index in [-0.39, 0.29) is 24.6 Å². The van der Waals surface area contributed by atoms with Gasteiger partial charge in [0.25, 0.3) is 0 Å². The molecule has 0 aliphatic carbocycles. The van der Waals surface area contributed by atoms with Crippen molar-refractivity contribution in [3.63, 3.8) is 0 Å². The highest BCUT2D eigenvalue weighted by Gasteiger charge is 2.36. The number of hydrogen-bond acceptors (Lipinski definition) is 6. The average molecular weight is 417 g/mol. The number of aromatic nitrogens is 2. The van der Waals surface area contributed by atoms with Crippen molar-refractivity contribution >= 4 is 23.3 Å². The first kappa shape index (κ1) is 20.3. The molecule has 0 fully saturated rings. The summed E-state index contributed by atoms with van der Waals surface area (Å²) >= 11 is 0. The largest absolute Gasteiger partial charge is 0.461 e. The Bertz CT molecular complexity index is 1060. The van der Waals surface area contributed by atoms with Crippen molar-refractivity contribution in [3.05, 3.63) is 78.9 Å². The first-order chi connectivity index (χ1) is 15.2. The number of nitrogens with zero attached hydrogens (tertiary/aromatic N) is 4. The summed E-state index contributed by atoms with van der Waals surface area (Å²) in [6, 6.07) is 16.6. The van der Waals surface area contributed by atoms with Crippen LogP contribution in [0.25, 0.3) is 5.69 Å². The van der Waals surface area contributed by atoms with Crippen LogP contribution in [0.5, 0.6) is 0 Å². The number of ether oxygens (including phenoxy) is 1. The van der Waals surface area contributed by atoms with E-state index in [2.05, 4.69) is 15.4 Å². The van der Waals surface area contributed by atoms with Crippen LogP contribution in [0.1, 0.15) is 18.9 Å². The van der Waals surface area contributed by atoms with Crippen molar-refractivity contribution in [2.75, 3.05) is 11.6 Å². The van der Waals surface area contributed by atoms with Crippen LogP contribution < -0.4 is 10.3 Å². The van der Waals surface area contributed by atoms with Crippen LogP contribution in [0.4, 0.5) is 5.69 Å². The molecule has 1 amide bonds. The molecule has 2 heterocycles. The molecule has 4 rings (SSSR count). The summed E-state index contributed by atoms with van der Waals surface area (Å²) < 4.78 is 6.98. The quantitative estimate of drug-likeness (QED) is 0.597. The number of carbonyl (C=O) groups is 2. The van der Waals surface area contributed by atoms with Gasteiger partial charge in [-0.25, -0.2) is 9.78 Å². The van der Waals surface area contributed by atoms with Gasteiger partial charge in [0.1, 0.15) is 11.8 Å². The standard InChI is InChI=1S/C23H23N5O3/c1-2-31-23(30)20-14-21(28(26-20)19-6-4-3-5-7-19)22(29)25-15-17-8-10-18(11-9-17)27-13-12-24-16-27/h3-13,16,21H,2,14-15H2,1H3,(H,25,29). The van der Waals surface area contributed by atoms with E-state index >= 15 is 0 Å². The van der Waals surface area contributed by atoms with E-state index in [1.165, 1.54) is 0 Å². The van der Waals surface area contributed by atoms with Gasteiger partial charge in [-0.15, -0.1) is 0 Å². The second-order valence-corrected chi connectivity index (χ2v) is 7.02. The number of hydrazone groups is 1. The zero-order valence-corrected chi connectivity index (χ0v) is 17.1. The predicted octanol–water partition coefficient (Wildman–Crippen LogP) is 2.69. The number of rotatable bonds is 7. The third-order valence-corrected chi connectivity index (χ3v) is 4.95. The highest BCUT2D eigenvalue weighted by molar-refractivity contribution is 6.38. The number of nitrogens with one attached hydrogen (secondary N) is 1. The molecule has 1 aromatic heterocycles. The Kier molecular flexibility index (Phi) is 6.07. The number of esters is 1. The summed E-state index contributed by atoms with van der Waals surface area (Å²) in [5.74, 6) is -0.695. The lowest BCUT2D eigenvalue weighted by Crippen LogP contribution is -2.42. The summed E-state index contributed by atoms with van der Waals surface area (Å²) in [6.07, 6.45) is 5.52. The van der Waals surface area contributed by atoms with Gasteiger partial charge in [0, 0.05) is 31.0 Å². The van der Waals surface area contributed by atoms with Crippen LogP contribution in [0, 0.1) is 0 Å². The van der Waals surface area contributed by atoms with Gasteiger partial charge in [-0.3, -0.25) is 9.80 Å². The Morgan fingerprint density at radius 3 is 2.55 bits per heavy atom. The molecule has 0 radical (unpaired) electrons. The molecular formula is C23H23N5O3. The Morgan fingerprint density at radius 2 is 1.87 bits per heavy atom. The third-order valence-electron chi connectivity index (χ3n) is 4.95. The van der Waals surface area contributed by atoms with Gasteiger partial charge in [0.2, 0.25) is 5.91 Å². The van der Waals surface area contributed by atoms with Crippen LogP contribution in [0.2, 0.25) is 0 Å². The smallest absolute Gasteiger partial charge is 0.354 e. The zero-order chi connectivity index (χ0) is 21.6. The molecule has 2 aromatic carbocycles. The van der Waals surface area contributed by atoms with E-state index in [1.54, 1.807) is 24.5 Å². The predicted molar refractivity (Wildman–Crippen MR) is 117 cm³/mol. The minimum Gasteiger partial charge on any atom is -0.461 e. The summed E-state index contributed by atoms with van der Waals surface area (Å²) in [7, 11) is 0. The SMILES string of the molecule is CCOC(=O)C1=NN(c2ccccc2)C(C(=O)NCc2ccc(-n3ccnc3)cc2)C1. The number of carbonyl (C=O) groups excluding carboxylic acids is 2. The van der Waals surface area contributed by atoms with Crippen molar-refractivity contribution in [1.82, 2.24) is 14.9 Å². The van der Waals surface area contributed by atoms with Gasteiger partial charge in [-0.2, -0.15) is 5.10 Å². The Balaban J connectivity index is 1.44. The van der Waals surface area contributed by atoms with E-state index < -0.39 is 12.0 Å². The lowest BCUT2D eigenvalue weighted by molar-refractivity contribution is -0.135. The van der Waals surface area contributed by atoms with E-state index in [9.17, 15) is 9.59 Å². The lowest BCUT2D eigenvalue weighted by atomic mass is 10.1. The number of para-hydroxylation sites is 1. The van der Waals surface area contributed by atoms with Crippen molar-refractivity contribution < 1.29 is 14.3 Å². The van der Waals surface area contributed by atoms with E-state index in [0.29, 0.717) is 6.54 Å². The fourth-order valence-electron chi connectivity index (χ4n) is 3.38. The molecule has 1 atom stereocenters. The van der Waals surface area contributed by atoms with Gasteiger partial charge in [-0.05, 0) is 36.8 Å². The summed E-state index contributed by atoms with van der Waals surface area (Å²) in [5.41, 5.74) is 2.95. The molecule has 1 N–H and O–H groups in total. The van der Waals surface area contributed by atoms with Gasteiger partial charge >= 0.3 is 5.97 Å². The molecule has 3 aromatic rings. The second kappa shape index (κ2) is 9.25. The maximum atomic E-state index is 13.0. The van der Waals surface area contributed by atoms with Crippen molar-refractivity contribution in [3.8, 4) is 5.69 Å². The molecule has 1 aliphatic heterocycles. The van der Waals surface area contributed by atoms with Crippen LogP contribution in [0.15, 0.2) is 78.4 Å². The van der Waals surface area contributed by atoms with Gasteiger partial charge in [0.05, 0.1) is 18.6 Å². The molecule has 0 saturated heterocycles. The van der Waals surface area contributed by atoms with E-state index in [0.717, 1.165) is 16.9 Å². The number of imidazole rings is 1. The van der Waals surface area contributed by atoms with Crippen molar-refractivity contribution in [1.29, 1.82) is 0 Å². The topological polar surface area (TPSA) is 88.8 Å². The number of anilines is 1. The van der Waals surface area contributed by atoms with Gasteiger partial charge in [0.15, 0.2) is 0 Å². The molecule has 1 unspecified atom stereocenters. The van der Waals surface area contributed by atoms with Crippen LogP contribution in [-0.4, -0.2) is 39.8 Å². The summed E-state index contributed by atoms with van der Waals surface area (Å²) in [6.45, 7) is 2.37. The molecule has 1 aliphatic rings. The fourth-order valence-corrected chi connectivity index (χ4v) is 3.38. The minimum atomic E-state index is -0.618. The Labute approximate surface area is 180 Å². The molecule has 0 bridgehead atoms. The monoisotopic (exact) mass is 417 g/mol. The first-order valence-corrected chi connectivity index (χ1v) is 10.1. The molecule has 158 valence electrons. The molecule has 0 saturated carbocycles. The molecule has 31 heavy (non-hydrogen) atoms. The van der Waals surface area contributed by atoms with Crippen molar-refractivity contribution in [2.24, 2.45) is 5.10 Å². The fraction of sp³-hybridized carbons (Fsp3) is 0.217. The summed E-state index contributed by atoms with van der Waals surface area (Å²) in [4.78, 5) is 29.2. The van der Waals surface area contributed by atoms with Gasteiger partial charge < -0.3 is 14.6 Å². The van der Waals surface area contributed by atoms with Crippen LogP contribution in [0.3, 0.4) is 0 Å². The highest BCUT2D eigenvalue weighted by atomic mass is 16.5. The van der Waals surface area contributed by atoms with Gasteiger partial charge in [-0.1, -0.05) is 30.3 Å². The maximum absolute atomic E-state index is 13.0. The minimum absolute atomic E-state index is 0.194. The first-order valence-electron chi connectivity index (χ1n) is 10.1. The second-order valence-electron chi connectivity index (χ2n) is 7.02. The lowest BCUT2D eigenvalue weighted by Gasteiger charge is -2.22. The highest BCUT2D eigenvalue weighted by Crippen LogP contribution is 2.25. The normalized spacial score (nSPS) is 15.5. The third kappa shape index (κ3) is 4.63. The Morgan fingerprint density at radius 1 is 1.10 bits per heavy atom. The molecular weight excluding hydrogens is 394 g/mol. The van der Waals surface area contributed by atoms with Crippen LogP contribution in [-0.2, 0) is 20.9 Å². The zero-order valence-electron chi connectivity index (χ0n) is 17.1.